The van der Waals surface area contributed by atoms with Gasteiger partial charge in [0.05, 0.1) is 10.6 Å². The van der Waals surface area contributed by atoms with E-state index in [0.29, 0.717) is 31.3 Å². The Morgan fingerprint density at radius 1 is 1.18 bits per heavy atom. The van der Waals surface area contributed by atoms with Gasteiger partial charge in [0, 0.05) is 25.1 Å². The van der Waals surface area contributed by atoms with Crippen LogP contribution in [-0.2, 0) is 14.6 Å². The molecule has 0 bridgehead atoms. The van der Waals surface area contributed by atoms with Crippen molar-refractivity contribution in [1.29, 1.82) is 0 Å². The highest BCUT2D eigenvalue weighted by molar-refractivity contribution is 7.91. The Hall–Kier alpha value is -1.51. The van der Waals surface area contributed by atoms with Crippen molar-refractivity contribution >= 4 is 28.2 Å². The van der Waals surface area contributed by atoms with Crippen LogP contribution in [0.15, 0.2) is 23.1 Å². The van der Waals surface area contributed by atoms with Crippen LogP contribution in [0.25, 0.3) is 0 Å². The molecule has 0 aliphatic carbocycles. The van der Waals surface area contributed by atoms with Crippen molar-refractivity contribution in [3.8, 4) is 11.5 Å². The van der Waals surface area contributed by atoms with E-state index in [4.69, 9.17) is 9.47 Å². The predicted molar refractivity (Wildman–Crippen MR) is 109 cm³/mol. The van der Waals surface area contributed by atoms with Gasteiger partial charge in [-0.2, -0.15) is 0 Å². The van der Waals surface area contributed by atoms with Crippen LogP contribution in [0.3, 0.4) is 0 Å². The molecule has 2 heterocycles. The average Bonchev–Trinajstić information content (AvgIpc) is 2.70. The maximum Gasteiger partial charge on any atom is 0.223 e. The zero-order valence-electron chi connectivity index (χ0n) is 16.2. The first kappa shape index (κ1) is 22.8. The van der Waals surface area contributed by atoms with E-state index in [2.05, 4.69) is 5.32 Å². The molecular weight excluding hydrogens is 404 g/mol. The van der Waals surface area contributed by atoms with Crippen molar-refractivity contribution in [2.24, 2.45) is 0 Å². The molecule has 1 fully saturated rings. The molecule has 28 heavy (non-hydrogen) atoms. The Morgan fingerprint density at radius 2 is 1.86 bits per heavy atom. The molecule has 0 aromatic heterocycles. The first-order valence-electron chi connectivity index (χ1n) is 9.64. The average molecular weight is 433 g/mol. The second-order valence-electron chi connectivity index (χ2n) is 6.94. The number of carbonyl (C=O) groups excluding carboxylic acids is 1. The lowest BCUT2D eigenvalue weighted by Crippen LogP contribution is -2.46. The van der Waals surface area contributed by atoms with Gasteiger partial charge in [0.25, 0.3) is 0 Å². The standard InChI is InChI=1S/C19H28N2O5S.ClH/c1-2-10-21(15-5-8-20-9-6-15)19(22)7-13-27(23,24)16-3-4-17-18(14-16)26-12-11-25-17;/h3-4,14-15,20H,2,5-13H2,1H3;1H. The number of nitrogens with one attached hydrogen (secondary N) is 1. The third-order valence-electron chi connectivity index (χ3n) is 4.99. The summed E-state index contributed by atoms with van der Waals surface area (Å²) in [5, 5.41) is 3.30. The van der Waals surface area contributed by atoms with Crippen LogP contribution >= 0.6 is 12.4 Å². The van der Waals surface area contributed by atoms with Crippen molar-refractivity contribution in [3.05, 3.63) is 18.2 Å². The fraction of sp³-hybridized carbons (Fsp3) is 0.632. The molecule has 1 amide bonds. The number of piperidine rings is 1. The number of sulfone groups is 1. The van der Waals surface area contributed by atoms with E-state index < -0.39 is 9.84 Å². The molecule has 0 radical (unpaired) electrons. The molecule has 2 aliphatic heterocycles. The number of nitrogens with zero attached hydrogens (tertiary/aromatic N) is 1. The highest BCUT2D eigenvalue weighted by Crippen LogP contribution is 2.32. The van der Waals surface area contributed by atoms with Gasteiger partial charge in [-0.05, 0) is 44.5 Å². The molecule has 1 aromatic rings. The predicted octanol–water partition coefficient (Wildman–Crippen LogP) is 2.03. The third kappa shape index (κ3) is 5.52. The van der Waals surface area contributed by atoms with Gasteiger partial charge in [-0.1, -0.05) is 6.92 Å². The van der Waals surface area contributed by atoms with Crippen molar-refractivity contribution in [3.63, 3.8) is 0 Å². The van der Waals surface area contributed by atoms with Crippen LogP contribution in [-0.4, -0.2) is 63.9 Å². The lowest BCUT2D eigenvalue weighted by Gasteiger charge is -2.34. The molecule has 1 N–H and O–H groups in total. The van der Waals surface area contributed by atoms with E-state index in [1.165, 1.54) is 12.1 Å². The molecular formula is C19H29ClN2O5S. The minimum Gasteiger partial charge on any atom is -0.486 e. The number of halogens is 1. The van der Waals surface area contributed by atoms with Gasteiger partial charge in [0.15, 0.2) is 21.3 Å². The minimum absolute atomic E-state index is 0. The smallest absolute Gasteiger partial charge is 0.223 e. The third-order valence-corrected chi connectivity index (χ3v) is 6.71. The zero-order valence-corrected chi connectivity index (χ0v) is 17.8. The quantitative estimate of drug-likeness (QED) is 0.709. The van der Waals surface area contributed by atoms with Crippen molar-refractivity contribution in [1.82, 2.24) is 10.2 Å². The topological polar surface area (TPSA) is 84.9 Å². The van der Waals surface area contributed by atoms with Crippen LogP contribution < -0.4 is 14.8 Å². The second kappa shape index (κ2) is 10.3. The van der Waals surface area contributed by atoms with Gasteiger partial charge in [0.1, 0.15) is 13.2 Å². The normalized spacial score (nSPS) is 16.9. The Balaban J connectivity index is 0.00000280. The number of amides is 1. The molecule has 0 saturated carbocycles. The number of fused-ring (bicyclic) bond motifs is 1. The summed E-state index contributed by atoms with van der Waals surface area (Å²) in [6.07, 6.45) is 2.70. The van der Waals surface area contributed by atoms with E-state index in [1.807, 2.05) is 11.8 Å². The monoisotopic (exact) mass is 432 g/mol. The van der Waals surface area contributed by atoms with E-state index in [-0.39, 0.29) is 41.4 Å². The van der Waals surface area contributed by atoms with Crippen molar-refractivity contribution in [2.75, 3.05) is 38.6 Å². The fourth-order valence-corrected chi connectivity index (χ4v) is 4.81. The van der Waals surface area contributed by atoms with E-state index >= 15 is 0 Å². The molecule has 0 atom stereocenters. The second-order valence-corrected chi connectivity index (χ2v) is 9.05. The fourth-order valence-electron chi connectivity index (χ4n) is 3.57. The minimum atomic E-state index is -3.56. The maximum atomic E-state index is 12.7. The Kier molecular flexibility index (Phi) is 8.39. The molecule has 1 aromatic carbocycles. The van der Waals surface area contributed by atoms with Gasteiger partial charge in [0.2, 0.25) is 5.91 Å². The van der Waals surface area contributed by atoms with Gasteiger partial charge in [-0.15, -0.1) is 12.4 Å². The number of hydrogen-bond donors (Lipinski definition) is 1. The molecule has 3 rings (SSSR count). The van der Waals surface area contributed by atoms with Gasteiger partial charge < -0.3 is 19.7 Å². The van der Waals surface area contributed by atoms with E-state index in [9.17, 15) is 13.2 Å². The van der Waals surface area contributed by atoms with Crippen molar-refractivity contribution < 1.29 is 22.7 Å². The maximum absolute atomic E-state index is 12.7. The molecule has 0 spiro atoms. The lowest BCUT2D eigenvalue weighted by atomic mass is 10.0. The Labute approximate surface area is 173 Å². The summed E-state index contributed by atoms with van der Waals surface area (Å²) in [5.74, 6) is 0.716. The largest absolute Gasteiger partial charge is 0.486 e. The number of carbonyl (C=O) groups is 1. The first-order valence-corrected chi connectivity index (χ1v) is 11.3. The van der Waals surface area contributed by atoms with Gasteiger partial charge in [-0.3, -0.25) is 4.79 Å². The van der Waals surface area contributed by atoms with Gasteiger partial charge >= 0.3 is 0 Å². The SMILES string of the molecule is CCCN(C(=O)CCS(=O)(=O)c1ccc2c(c1)OCCO2)C1CCNCC1.Cl. The molecule has 7 nitrogen and oxygen atoms in total. The number of hydrogen-bond acceptors (Lipinski definition) is 6. The summed E-state index contributed by atoms with van der Waals surface area (Å²) in [6, 6.07) is 4.83. The number of ether oxygens (including phenoxy) is 2. The molecule has 2 aliphatic rings. The highest BCUT2D eigenvalue weighted by Gasteiger charge is 2.27. The summed E-state index contributed by atoms with van der Waals surface area (Å²) in [7, 11) is -3.56. The molecule has 158 valence electrons. The van der Waals surface area contributed by atoms with E-state index in [0.717, 1.165) is 32.4 Å². The summed E-state index contributed by atoms with van der Waals surface area (Å²) in [4.78, 5) is 14.8. The summed E-state index contributed by atoms with van der Waals surface area (Å²) in [5.41, 5.74) is 0. The summed E-state index contributed by atoms with van der Waals surface area (Å²) >= 11 is 0. The first-order chi connectivity index (χ1) is 13.0. The lowest BCUT2D eigenvalue weighted by molar-refractivity contribution is -0.133. The van der Waals surface area contributed by atoms with Crippen LogP contribution in [0.5, 0.6) is 11.5 Å². The Bertz CT molecular complexity index is 766. The molecule has 9 heteroatoms. The van der Waals surface area contributed by atoms with Crippen LogP contribution in [0.1, 0.15) is 32.6 Å². The molecule has 1 saturated heterocycles. The Morgan fingerprint density at radius 3 is 2.54 bits per heavy atom. The van der Waals surface area contributed by atoms with Gasteiger partial charge in [-0.25, -0.2) is 8.42 Å². The summed E-state index contributed by atoms with van der Waals surface area (Å²) in [6.45, 7) is 5.36. The zero-order chi connectivity index (χ0) is 19.3. The number of rotatable bonds is 7. The van der Waals surface area contributed by atoms with Crippen LogP contribution in [0, 0.1) is 0 Å². The van der Waals surface area contributed by atoms with Crippen LogP contribution in [0.2, 0.25) is 0 Å². The highest BCUT2D eigenvalue weighted by atomic mass is 35.5. The number of benzene rings is 1. The summed E-state index contributed by atoms with van der Waals surface area (Å²) < 4.78 is 36.3. The van der Waals surface area contributed by atoms with E-state index in [1.54, 1.807) is 6.07 Å². The molecule has 0 unspecified atom stereocenters. The van der Waals surface area contributed by atoms with Crippen LogP contribution in [0.4, 0.5) is 0 Å². The van der Waals surface area contributed by atoms with Crippen molar-refractivity contribution in [2.45, 2.75) is 43.5 Å².